The first-order valence-corrected chi connectivity index (χ1v) is 7.99. The molecule has 0 bridgehead atoms. The van der Waals surface area contributed by atoms with Crippen LogP contribution in [-0.2, 0) is 9.59 Å². The van der Waals surface area contributed by atoms with Gasteiger partial charge in [-0.1, -0.05) is 19.8 Å². The van der Waals surface area contributed by atoms with Crippen molar-refractivity contribution in [2.75, 3.05) is 6.54 Å². The normalized spacial score (nSPS) is 22.7. The molecule has 1 spiro atoms. The summed E-state index contributed by atoms with van der Waals surface area (Å²) in [6, 6.07) is -0.606. The third-order valence-corrected chi connectivity index (χ3v) is 5.35. The number of carbonyl (C=O) groups is 3. The van der Waals surface area contributed by atoms with E-state index in [-0.39, 0.29) is 18.4 Å². The maximum absolute atomic E-state index is 12.7. The van der Waals surface area contributed by atoms with Gasteiger partial charge in [-0.05, 0) is 12.8 Å². The minimum atomic E-state index is -1.02. The van der Waals surface area contributed by atoms with E-state index in [0.29, 0.717) is 12.8 Å². The molecule has 3 rings (SSSR count). The number of hydrogen-bond acceptors (Lipinski definition) is 5. The summed E-state index contributed by atoms with van der Waals surface area (Å²) in [5.74, 6) is -0.795. The van der Waals surface area contributed by atoms with Crippen molar-refractivity contribution in [2.24, 2.45) is 5.41 Å². The van der Waals surface area contributed by atoms with Crippen LogP contribution in [0.2, 0.25) is 0 Å². The largest absolute Gasteiger partial charge is 0.330 e. The Kier molecular flexibility index (Phi) is 3.52. The Morgan fingerprint density at radius 2 is 2.10 bits per heavy atom. The van der Waals surface area contributed by atoms with Crippen LogP contribution in [0.25, 0.3) is 0 Å². The lowest BCUT2D eigenvalue weighted by Gasteiger charge is -2.37. The fourth-order valence-corrected chi connectivity index (χ4v) is 3.84. The highest BCUT2D eigenvalue weighted by Gasteiger charge is 2.55. The minimum Gasteiger partial charge on any atom is -0.277 e. The second-order valence-corrected chi connectivity index (χ2v) is 6.66. The van der Waals surface area contributed by atoms with E-state index in [2.05, 4.69) is 10.3 Å². The van der Waals surface area contributed by atoms with Crippen LogP contribution in [0.15, 0.2) is 11.6 Å². The molecule has 1 saturated carbocycles. The standard InChI is InChI=1S/C14H17N3O3S/c1-9(10-15-6-7-21-10)8-17-12(19)14(4-2-3-5-14)11(18)16-13(17)20/h6-7,9H,2-5,8H2,1H3,(H,16,18,20). The molecule has 1 aliphatic heterocycles. The van der Waals surface area contributed by atoms with E-state index in [4.69, 9.17) is 0 Å². The van der Waals surface area contributed by atoms with Gasteiger partial charge in [0.2, 0.25) is 11.8 Å². The average molecular weight is 307 g/mol. The Morgan fingerprint density at radius 1 is 1.38 bits per heavy atom. The Hall–Kier alpha value is -1.76. The highest BCUT2D eigenvalue weighted by molar-refractivity contribution is 7.09. The van der Waals surface area contributed by atoms with Gasteiger partial charge >= 0.3 is 6.03 Å². The van der Waals surface area contributed by atoms with Crippen molar-refractivity contribution < 1.29 is 14.4 Å². The van der Waals surface area contributed by atoms with E-state index in [0.717, 1.165) is 17.8 Å². The molecule has 1 aromatic rings. The molecule has 2 heterocycles. The fourth-order valence-electron chi connectivity index (χ4n) is 3.15. The van der Waals surface area contributed by atoms with Gasteiger partial charge in [-0.25, -0.2) is 9.78 Å². The monoisotopic (exact) mass is 307 g/mol. The van der Waals surface area contributed by atoms with Crippen LogP contribution in [0.4, 0.5) is 4.79 Å². The van der Waals surface area contributed by atoms with Gasteiger partial charge < -0.3 is 0 Å². The summed E-state index contributed by atoms with van der Waals surface area (Å²) in [4.78, 5) is 42.2. The lowest BCUT2D eigenvalue weighted by molar-refractivity contribution is -0.151. The average Bonchev–Trinajstić information content (AvgIpc) is 3.12. The van der Waals surface area contributed by atoms with E-state index in [1.807, 2.05) is 12.3 Å². The summed E-state index contributed by atoms with van der Waals surface area (Å²) in [5.41, 5.74) is -1.02. The fraction of sp³-hybridized carbons (Fsp3) is 0.571. The third-order valence-electron chi connectivity index (χ3n) is 4.34. The number of rotatable bonds is 3. The number of urea groups is 1. The summed E-state index contributed by atoms with van der Waals surface area (Å²) < 4.78 is 0. The molecular formula is C14H17N3O3S. The Labute approximate surface area is 126 Å². The van der Waals surface area contributed by atoms with Crippen LogP contribution >= 0.6 is 11.3 Å². The topological polar surface area (TPSA) is 79.4 Å². The predicted octanol–water partition coefficient (Wildman–Crippen LogP) is 1.89. The van der Waals surface area contributed by atoms with E-state index >= 15 is 0 Å². The van der Waals surface area contributed by atoms with Crippen LogP contribution in [0.5, 0.6) is 0 Å². The van der Waals surface area contributed by atoms with Crippen molar-refractivity contribution in [1.82, 2.24) is 15.2 Å². The second-order valence-electron chi connectivity index (χ2n) is 5.74. The van der Waals surface area contributed by atoms with Crippen LogP contribution < -0.4 is 5.32 Å². The van der Waals surface area contributed by atoms with E-state index in [9.17, 15) is 14.4 Å². The third kappa shape index (κ3) is 2.25. The number of thiazole rings is 1. The lowest BCUT2D eigenvalue weighted by atomic mass is 9.82. The van der Waals surface area contributed by atoms with Crippen LogP contribution in [0, 0.1) is 5.41 Å². The maximum Gasteiger partial charge on any atom is 0.330 e. The summed E-state index contributed by atoms with van der Waals surface area (Å²) >= 11 is 1.50. The number of aromatic nitrogens is 1. The summed E-state index contributed by atoms with van der Waals surface area (Å²) in [6.07, 6.45) is 4.48. The van der Waals surface area contributed by atoms with Crippen molar-refractivity contribution in [3.05, 3.63) is 16.6 Å². The Morgan fingerprint density at radius 3 is 2.71 bits per heavy atom. The van der Waals surface area contributed by atoms with Gasteiger partial charge in [0.15, 0.2) is 0 Å². The number of barbiturate groups is 1. The molecule has 1 aliphatic carbocycles. The zero-order valence-electron chi connectivity index (χ0n) is 11.8. The molecule has 21 heavy (non-hydrogen) atoms. The molecule has 6 nitrogen and oxygen atoms in total. The molecule has 1 saturated heterocycles. The molecule has 4 amide bonds. The molecule has 2 fully saturated rings. The van der Waals surface area contributed by atoms with Gasteiger partial charge in [-0.2, -0.15) is 0 Å². The van der Waals surface area contributed by atoms with Crippen LogP contribution in [-0.4, -0.2) is 34.3 Å². The van der Waals surface area contributed by atoms with Crippen LogP contribution in [0.3, 0.4) is 0 Å². The first-order chi connectivity index (χ1) is 10.0. The summed E-state index contributed by atoms with van der Waals surface area (Å²) in [7, 11) is 0. The maximum atomic E-state index is 12.7. The van der Waals surface area contributed by atoms with Gasteiger partial charge in [-0.15, -0.1) is 11.3 Å². The summed E-state index contributed by atoms with van der Waals surface area (Å²) in [5, 5.41) is 5.10. The molecule has 1 N–H and O–H groups in total. The number of nitrogens with one attached hydrogen (secondary N) is 1. The molecule has 0 radical (unpaired) electrons. The zero-order valence-corrected chi connectivity index (χ0v) is 12.6. The van der Waals surface area contributed by atoms with Gasteiger partial charge in [-0.3, -0.25) is 19.8 Å². The second kappa shape index (κ2) is 5.22. The minimum absolute atomic E-state index is 0.0358. The molecule has 1 atom stereocenters. The van der Waals surface area contributed by atoms with E-state index in [1.165, 1.54) is 16.2 Å². The Balaban J connectivity index is 1.82. The first-order valence-electron chi connectivity index (χ1n) is 7.11. The highest BCUT2D eigenvalue weighted by atomic mass is 32.1. The zero-order chi connectivity index (χ0) is 15.0. The van der Waals surface area contributed by atoms with Crippen molar-refractivity contribution >= 4 is 29.2 Å². The lowest BCUT2D eigenvalue weighted by Crippen LogP contribution is -2.63. The van der Waals surface area contributed by atoms with Gasteiger partial charge in [0.25, 0.3) is 0 Å². The predicted molar refractivity (Wildman–Crippen MR) is 76.7 cm³/mol. The number of carbonyl (C=O) groups excluding carboxylic acids is 3. The Bertz CT molecular complexity index is 578. The van der Waals surface area contributed by atoms with Crippen molar-refractivity contribution in [1.29, 1.82) is 0 Å². The van der Waals surface area contributed by atoms with Crippen molar-refractivity contribution in [3.8, 4) is 0 Å². The van der Waals surface area contributed by atoms with Gasteiger partial charge in [0.1, 0.15) is 5.41 Å². The van der Waals surface area contributed by atoms with E-state index < -0.39 is 17.4 Å². The quantitative estimate of drug-likeness (QED) is 0.865. The SMILES string of the molecule is CC(CN1C(=O)NC(=O)C2(CCCC2)C1=O)c1nccs1. The number of imide groups is 2. The smallest absolute Gasteiger partial charge is 0.277 e. The van der Waals surface area contributed by atoms with Gasteiger partial charge in [0.05, 0.1) is 5.01 Å². The van der Waals surface area contributed by atoms with E-state index in [1.54, 1.807) is 6.20 Å². The first kappa shape index (κ1) is 14.2. The molecule has 2 aliphatic rings. The van der Waals surface area contributed by atoms with Crippen molar-refractivity contribution in [2.45, 2.75) is 38.5 Å². The highest BCUT2D eigenvalue weighted by Crippen LogP contribution is 2.42. The summed E-state index contributed by atoms with van der Waals surface area (Å²) in [6.45, 7) is 2.18. The molecule has 1 unspecified atom stereocenters. The molecule has 7 heteroatoms. The van der Waals surface area contributed by atoms with Gasteiger partial charge in [0, 0.05) is 24.0 Å². The number of amides is 4. The molecule has 0 aromatic carbocycles. The number of nitrogens with zero attached hydrogens (tertiary/aromatic N) is 2. The van der Waals surface area contributed by atoms with Crippen molar-refractivity contribution in [3.63, 3.8) is 0 Å². The molecule has 112 valence electrons. The molecule has 1 aromatic heterocycles. The van der Waals surface area contributed by atoms with Crippen LogP contribution in [0.1, 0.15) is 43.5 Å². The molecular weight excluding hydrogens is 290 g/mol. The number of hydrogen-bond donors (Lipinski definition) is 1.